The molecule has 1 aliphatic carbocycles. The van der Waals surface area contributed by atoms with Crippen molar-refractivity contribution in [3.8, 4) is 0 Å². The van der Waals surface area contributed by atoms with Gasteiger partial charge in [-0.15, -0.1) is 0 Å². The maximum Gasteiger partial charge on any atom is 0.242 e. The Balaban J connectivity index is 1.80. The molecule has 0 spiro atoms. The molecule has 7 heteroatoms. The highest BCUT2D eigenvalue weighted by molar-refractivity contribution is 5.85. The number of carbonyl (C=O) groups is 2. The zero-order valence-electron chi connectivity index (χ0n) is 14.2. The van der Waals surface area contributed by atoms with E-state index < -0.39 is 0 Å². The zero-order valence-corrected chi connectivity index (χ0v) is 14.2. The molecule has 0 atom stereocenters. The van der Waals surface area contributed by atoms with Crippen LogP contribution in [0.3, 0.4) is 0 Å². The third kappa shape index (κ3) is 6.08. The van der Waals surface area contributed by atoms with Crippen LogP contribution in [-0.4, -0.2) is 61.9 Å². The summed E-state index contributed by atoms with van der Waals surface area (Å²) >= 11 is 0. The van der Waals surface area contributed by atoms with Gasteiger partial charge in [0.05, 0.1) is 0 Å². The molecule has 0 aromatic heterocycles. The lowest BCUT2D eigenvalue weighted by Crippen LogP contribution is -2.46. The Morgan fingerprint density at radius 2 is 1.83 bits per heavy atom. The molecule has 1 heterocycles. The Bertz CT molecular complexity index is 440. The summed E-state index contributed by atoms with van der Waals surface area (Å²) in [5.41, 5.74) is 0. The fraction of sp³-hybridized carbons (Fsp3) is 0.812. The molecule has 1 saturated carbocycles. The van der Waals surface area contributed by atoms with Crippen LogP contribution in [0.1, 0.15) is 39.0 Å². The van der Waals surface area contributed by atoms with Gasteiger partial charge in [-0.05, 0) is 38.5 Å². The molecule has 1 saturated heterocycles. The third-order valence-electron chi connectivity index (χ3n) is 4.32. The van der Waals surface area contributed by atoms with E-state index in [4.69, 9.17) is 0 Å². The number of rotatable bonds is 6. The first-order valence-corrected chi connectivity index (χ1v) is 8.65. The van der Waals surface area contributed by atoms with Crippen LogP contribution >= 0.6 is 0 Å². The van der Waals surface area contributed by atoms with Crippen LogP contribution in [0.2, 0.25) is 0 Å². The number of hydrogen-bond acceptors (Lipinski definition) is 3. The molecule has 23 heavy (non-hydrogen) atoms. The van der Waals surface area contributed by atoms with Gasteiger partial charge in [-0.1, -0.05) is 0 Å². The first-order valence-electron chi connectivity index (χ1n) is 8.65. The van der Waals surface area contributed by atoms with E-state index in [-0.39, 0.29) is 18.4 Å². The van der Waals surface area contributed by atoms with E-state index in [0.29, 0.717) is 18.4 Å². The minimum absolute atomic E-state index is 0.00240. The van der Waals surface area contributed by atoms with E-state index in [1.165, 1.54) is 0 Å². The highest BCUT2D eigenvalue weighted by Crippen LogP contribution is 2.20. The van der Waals surface area contributed by atoms with Crippen molar-refractivity contribution < 1.29 is 9.59 Å². The quantitative estimate of drug-likeness (QED) is 0.477. The summed E-state index contributed by atoms with van der Waals surface area (Å²) < 4.78 is 0. The summed E-state index contributed by atoms with van der Waals surface area (Å²) in [6.07, 6.45) is 4.74. The normalized spacial score (nSPS) is 19.4. The third-order valence-corrected chi connectivity index (χ3v) is 4.32. The molecule has 0 unspecified atom stereocenters. The van der Waals surface area contributed by atoms with Gasteiger partial charge in [0.15, 0.2) is 5.96 Å². The summed E-state index contributed by atoms with van der Waals surface area (Å²) in [5, 5.41) is 8.90. The minimum Gasteiger partial charge on any atom is -0.359 e. The maximum absolute atomic E-state index is 11.8. The monoisotopic (exact) mass is 323 g/mol. The van der Waals surface area contributed by atoms with Gasteiger partial charge in [0.1, 0.15) is 6.54 Å². The topological polar surface area (TPSA) is 85.8 Å². The van der Waals surface area contributed by atoms with Crippen molar-refractivity contribution in [2.75, 3.05) is 33.2 Å². The number of guanidine groups is 1. The van der Waals surface area contributed by atoms with E-state index >= 15 is 0 Å². The van der Waals surface area contributed by atoms with Gasteiger partial charge in [0.2, 0.25) is 11.8 Å². The van der Waals surface area contributed by atoms with Gasteiger partial charge in [-0.2, -0.15) is 0 Å². The van der Waals surface area contributed by atoms with Gasteiger partial charge in [0.25, 0.3) is 0 Å². The highest BCUT2D eigenvalue weighted by atomic mass is 16.2. The van der Waals surface area contributed by atoms with Gasteiger partial charge >= 0.3 is 0 Å². The molecule has 130 valence electrons. The lowest BCUT2D eigenvalue weighted by Gasteiger charge is -2.34. The van der Waals surface area contributed by atoms with E-state index in [9.17, 15) is 9.59 Å². The Hall–Kier alpha value is -1.79. The first kappa shape index (κ1) is 17.6. The second kappa shape index (κ2) is 8.74. The molecular weight excluding hydrogens is 294 g/mol. The standard InChI is InChI=1S/C16H29N5O2/c1-3-18-16(19-11-15(23)20-13-4-5-13)21-8-6-12(7-9-21)10-14(22)17-2/h12-13H,3-11H2,1-2H3,(H,17,22)(H,18,19)(H,20,23). The predicted octanol–water partition coefficient (Wildman–Crippen LogP) is 0.0786. The van der Waals surface area contributed by atoms with Crippen LogP contribution in [0.4, 0.5) is 0 Å². The first-order chi connectivity index (χ1) is 11.1. The molecule has 1 aliphatic heterocycles. The number of amides is 2. The number of nitrogens with one attached hydrogen (secondary N) is 3. The minimum atomic E-state index is -0.00240. The Labute approximate surface area is 138 Å². The van der Waals surface area contributed by atoms with E-state index in [0.717, 1.165) is 51.3 Å². The molecule has 3 N–H and O–H groups in total. The second-order valence-corrected chi connectivity index (χ2v) is 6.32. The summed E-state index contributed by atoms with van der Waals surface area (Å²) in [7, 11) is 1.68. The summed E-state index contributed by atoms with van der Waals surface area (Å²) in [5.74, 6) is 1.35. The number of hydrogen-bond donors (Lipinski definition) is 3. The van der Waals surface area contributed by atoms with Crippen molar-refractivity contribution in [2.45, 2.75) is 45.1 Å². The number of nitrogens with zero attached hydrogens (tertiary/aromatic N) is 2. The summed E-state index contributed by atoms with van der Waals surface area (Å²) in [6.45, 7) is 4.73. The second-order valence-electron chi connectivity index (χ2n) is 6.32. The van der Waals surface area contributed by atoms with Crippen LogP contribution in [0.5, 0.6) is 0 Å². The van der Waals surface area contributed by atoms with Crippen LogP contribution in [-0.2, 0) is 9.59 Å². The van der Waals surface area contributed by atoms with Gasteiger partial charge in [-0.3, -0.25) is 9.59 Å². The fourth-order valence-corrected chi connectivity index (χ4v) is 2.79. The van der Waals surface area contributed by atoms with E-state index in [1.807, 2.05) is 6.92 Å². The number of aliphatic imine (C=N–C) groups is 1. The van der Waals surface area contributed by atoms with Crippen molar-refractivity contribution in [3.63, 3.8) is 0 Å². The smallest absolute Gasteiger partial charge is 0.242 e. The average Bonchev–Trinajstić information content (AvgIpc) is 3.36. The molecule has 2 amide bonds. The van der Waals surface area contributed by atoms with Crippen molar-refractivity contribution in [1.29, 1.82) is 0 Å². The van der Waals surface area contributed by atoms with Crippen LogP contribution < -0.4 is 16.0 Å². The van der Waals surface area contributed by atoms with Crippen molar-refractivity contribution >= 4 is 17.8 Å². The van der Waals surface area contributed by atoms with E-state index in [1.54, 1.807) is 7.05 Å². The number of carbonyl (C=O) groups excluding carboxylic acids is 2. The van der Waals surface area contributed by atoms with Crippen molar-refractivity contribution in [1.82, 2.24) is 20.9 Å². The average molecular weight is 323 g/mol. The highest BCUT2D eigenvalue weighted by Gasteiger charge is 2.24. The molecule has 0 radical (unpaired) electrons. The Kier molecular flexibility index (Phi) is 6.67. The molecule has 0 aromatic rings. The van der Waals surface area contributed by atoms with Gasteiger partial charge in [0, 0.05) is 39.1 Å². The zero-order chi connectivity index (χ0) is 16.7. The Morgan fingerprint density at radius 3 is 2.39 bits per heavy atom. The summed E-state index contributed by atoms with van der Waals surface area (Å²) in [4.78, 5) is 29.9. The fourth-order valence-electron chi connectivity index (χ4n) is 2.79. The Morgan fingerprint density at radius 1 is 1.13 bits per heavy atom. The van der Waals surface area contributed by atoms with Crippen LogP contribution in [0, 0.1) is 5.92 Å². The molecule has 2 aliphatic rings. The van der Waals surface area contributed by atoms with Crippen LogP contribution in [0.15, 0.2) is 4.99 Å². The molecule has 2 fully saturated rings. The van der Waals surface area contributed by atoms with Gasteiger partial charge in [-0.25, -0.2) is 4.99 Å². The molecule has 0 aromatic carbocycles. The number of piperidine rings is 1. The lowest BCUT2D eigenvalue weighted by molar-refractivity contribution is -0.122. The summed E-state index contributed by atoms with van der Waals surface area (Å²) in [6, 6.07) is 0.376. The lowest BCUT2D eigenvalue weighted by atomic mass is 9.93. The SMILES string of the molecule is CCNC(=NCC(=O)NC1CC1)N1CCC(CC(=O)NC)CC1. The van der Waals surface area contributed by atoms with Crippen molar-refractivity contribution in [2.24, 2.45) is 10.9 Å². The molecule has 7 nitrogen and oxygen atoms in total. The van der Waals surface area contributed by atoms with Crippen molar-refractivity contribution in [3.05, 3.63) is 0 Å². The molecule has 2 rings (SSSR count). The maximum atomic E-state index is 11.8. The largest absolute Gasteiger partial charge is 0.359 e. The molecule has 0 bridgehead atoms. The number of likely N-dealkylation sites (tertiary alicyclic amines) is 1. The van der Waals surface area contributed by atoms with Crippen LogP contribution in [0.25, 0.3) is 0 Å². The molecular formula is C16H29N5O2. The van der Waals surface area contributed by atoms with E-state index in [2.05, 4.69) is 25.8 Å². The predicted molar refractivity (Wildman–Crippen MR) is 90.1 cm³/mol. The van der Waals surface area contributed by atoms with Gasteiger partial charge < -0.3 is 20.9 Å².